The van der Waals surface area contributed by atoms with Gasteiger partial charge in [0.2, 0.25) is 0 Å². The summed E-state index contributed by atoms with van der Waals surface area (Å²) in [4.78, 5) is 0. The maximum absolute atomic E-state index is 12.7. The van der Waals surface area contributed by atoms with Crippen LogP contribution in [0.3, 0.4) is 0 Å². The SMILES string of the molecule is CCC1C(O)CC1c1ccc(F)cc1. The third kappa shape index (κ3) is 1.55. The van der Waals surface area contributed by atoms with E-state index in [2.05, 4.69) is 6.92 Å². The number of benzene rings is 1. The average Bonchev–Trinajstić information content (AvgIpc) is 2.16. The van der Waals surface area contributed by atoms with E-state index >= 15 is 0 Å². The van der Waals surface area contributed by atoms with Crippen molar-refractivity contribution in [1.82, 2.24) is 0 Å². The van der Waals surface area contributed by atoms with Gasteiger partial charge in [-0.2, -0.15) is 0 Å². The molecular weight excluding hydrogens is 179 g/mol. The molecule has 0 bridgehead atoms. The molecule has 1 N–H and O–H groups in total. The highest BCUT2D eigenvalue weighted by Crippen LogP contribution is 2.44. The van der Waals surface area contributed by atoms with Gasteiger partial charge in [0.15, 0.2) is 0 Å². The maximum atomic E-state index is 12.7. The Morgan fingerprint density at radius 2 is 2.00 bits per heavy atom. The number of halogens is 1. The first-order valence-electron chi connectivity index (χ1n) is 5.16. The van der Waals surface area contributed by atoms with Crippen molar-refractivity contribution in [2.75, 3.05) is 0 Å². The van der Waals surface area contributed by atoms with Gasteiger partial charge in [0.25, 0.3) is 0 Å². The summed E-state index contributed by atoms with van der Waals surface area (Å²) in [5, 5.41) is 9.52. The third-order valence-electron chi connectivity index (χ3n) is 3.28. The summed E-state index contributed by atoms with van der Waals surface area (Å²) >= 11 is 0. The molecule has 2 heteroatoms. The lowest BCUT2D eigenvalue weighted by molar-refractivity contribution is -0.000740. The van der Waals surface area contributed by atoms with Gasteiger partial charge in [-0.3, -0.25) is 0 Å². The predicted molar refractivity (Wildman–Crippen MR) is 53.5 cm³/mol. The molecule has 2 rings (SSSR count). The van der Waals surface area contributed by atoms with E-state index in [4.69, 9.17) is 0 Å². The van der Waals surface area contributed by atoms with E-state index in [9.17, 15) is 9.50 Å². The monoisotopic (exact) mass is 194 g/mol. The molecule has 3 atom stereocenters. The van der Waals surface area contributed by atoms with Crippen LogP contribution < -0.4 is 0 Å². The Labute approximate surface area is 83.6 Å². The van der Waals surface area contributed by atoms with E-state index in [0.717, 1.165) is 18.4 Å². The first kappa shape index (κ1) is 9.66. The largest absolute Gasteiger partial charge is 0.393 e. The first-order valence-corrected chi connectivity index (χ1v) is 5.16. The molecule has 0 aliphatic heterocycles. The van der Waals surface area contributed by atoms with Crippen LogP contribution in [0.5, 0.6) is 0 Å². The average molecular weight is 194 g/mol. The van der Waals surface area contributed by atoms with Crippen molar-refractivity contribution >= 4 is 0 Å². The van der Waals surface area contributed by atoms with Gasteiger partial charge in [0.1, 0.15) is 5.82 Å². The molecule has 3 unspecified atom stereocenters. The number of aliphatic hydroxyl groups excluding tert-OH is 1. The normalized spacial score (nSPS) is 31.2. The van der Waals surface area contributed by atoms with Crippen LogP contribution in [0.15, 0.2) is 24.3 Å². The van der Waals surface area contributed by atoms with Crippen LogP contribution >= 0.6 is 0 Å². The van der Waals surface area contributed by atoms with E-state index in [1.54, 1.807) is 0 Å². The minimum Gasteiger partial charge on any atom is -0.393 e. The molecule has 0 spiro atoms. The van der Waals surface area contributed by atoms with Crippen LogP contribution in [-0.4, -0.2) is 11.2 Å². The van der Waals surface area contributed by atoms with E-state index < -0.39 is 0 Å². The molecule has 1 saturated carbocycles. The van der Waals surface area contributed by atoms with Crippen LogP contribution in [0.25, 0.3) is 0 Å². The topological polar surface area (TPSA) is 20.2 Å². The molecule has 1 aromatic carbocycles. The molecule has 0 saturated heterocycles. The number of hydrogen-bond acceptors (Lipinski definition) is 1. The molecule has 1 fully saturated rings. The number of aliphatic hydroxyl groups is 1. The predicted octanol–water partition coefficient (Wildman–Crippen LogP) is 2.70. The van der Waals surface area contributed by atoms with Gasteiger partial charge in [-0.05, 0) is 36.0 Å². The standard InChI is InChI=1S/C12H15FO/c1-2-10-11(7-12(10)14)8-3-5-9(13)6-4-8/h3-6,10-12,14H,2,7H2,1H3. The second-order valence-corrected chi connectivity index (χ2v) is 4.03. The molecule has 1 nitrogen and oxygen atoms in total. The molecule has 14 heavy (non-hydrogen) atoms. The third-order valence-corrected chi connectivity index (χ3v) is 3.28. The second kappa shape index (κ2) is 3.70. The second-order valence-electron chi connectivity index (χ2n) is 4.03. The van der Waals surface area contributed by atoms with Crippen molar-refractivity contribution in [3.8, 4) is 0 Å². The van der Waals surface area contributed by atoms with Gasteiger partial charge in [0.05, 0.1) is 6.10 Å². The van der Waals surface area contributed by atoms with Crippen LogP contribution in [0.1, 0.15) is 31.2 Å². The van der Waals surface area contributed by atoms with Crippen molar-refractivity contribution in [3.63, 3.8) is 0 Å². The lowest BCUT2D eigenvalue weighted by Crippen LogP contribution is -2.38. The van der Waals surface area contributed by atoms with E-state index in [0.29, 0.717) is 11.8 Å². The quantitative estimate of drug-likeness (QED) is 0.767. The molecule has 0 aromatic heterocycles. The Kier molecular flexibility index (Phi) is 2.55. The first-order chi connectivity index (χ1) is 6.72. The molecule has 1 aliphatic carbocycles. The van der Waals surface area contributed by atoms with Gasteiger partial charge in [-0.1, -0.05) is 25.5 Å². The summed E-state index contributed by atoms with van der Waals surface area (Å²) in [5.41, 5.74) is 1.16. The Balaban J connectivity index is 2.13. The van der Waals surface area contributed by atoms with Gasteiger partial charge < -0.3 is 5.11 Å². The van der Waals surface area contributed by atoms with Crippen LogP contribution in [0.4, 0.5) is 4.39 Å². The van der Waals surface area contributed by atoms with Gasteiger partial charge in [-0.25, -0.2) is 4.39 Å². The fraction of sp³-hybridized carbons (Fsp3) is 0.500. The summed E-state index contributed by atoms with van der Waals surface area (Å²) in [6, 6.07) is 6.64. The van der Waals surface area contributed by atoms with Crippen LogP contribution in [0.2, 0.25) is 0 Å². The summed E-state index contributed by atoms with van der Waals surface area (Å²) in [7, 11) is 0. The van der Waals surface area contributed by atoms with Gasteiger partial charge in [-0.15, -0.1) is 0 Å². The molecule has 0 radical (unpaired) electrons. The molecule has 1 aromatic rings. The molecule has 0 heterocycles. The zero-order valence-electron chi connectivity index (χ0n) is 8.28. The number of rotatable bonds is 2. The Hall–Kier alpha value is -0.890. The fourth-order valence-corrected chi connectivity index (χ4v) is 2.33. The summed E-state index contributed by atoms with van der Waals surface area (Å²) < 4.78 is 12.7. The summed E-state index contributed by atoms with van der Waals surface area (Å²) in [6.07, 6.45) is 1.66. The zero-order valence-corrected chi connectivity index (χ0v) is 8.28. The minimum atomic E-state index is -0.193. The van der Waals surface area contributed by atoms with Crippen LogP contribution in [-0.2, 0) is 0 Å². The molecule has 76 valence electrons. The van der Waals surface area contributed by atoms with E-state index in [1.165, 1.54) is 12.1 Å². The minimum absolute atomic E-state index is 0.157. The maximum Gasteiger partial charge on any atom is 0.123 e. The lowest BCUT2D eigenvalue weighted by atomic mass is 9.66. The van der Waals surface area contributed by atoms with Crippen molar-refractivity contribution in [2.24, 2.45) is 5.92 Å². The Morgan fingerprint density at radius 3 is 2.50 bits per heavy atom. The molecule has 0 amide bonds. The molecular formula is C12H15FO. The highest BCUT2D eigenvalue weighted by atomic mass is 19.1. The fourth-order valence-electron chi connectivity index (χ4n) is 2.33. The lowest BCUT2D eigenvalue weighted by Gasteiger charge is -2.41. The highest BCUT2D eigenvalue weighted by Gasteiger charge is 2.39. The van der Waals surface area contributed by atoms with Gasteiger partial charge >= 0.3 is 0 Å². The van der Waals surface area contributed by atoms with Gasteiger partial charge in [0, 0.05) is 0 Å². The Bertz CT molecular complexity index is 307. The Morgan fingerprint density at radius 1 is 1.36 bits per heavy atom. The van der Waals surface area contributed by atoms with Crippen molar-refractivity contribution in [1.29, 1.82) is 0 Å². The van der Waals surface area contributed by atoms with Crippen molar-refractivity contribution in [2.45, 2.75) is 31.8 Å². The van der Waals surface area contributed by atoms with Crippen molar-refractivity contribution < 1.29 is 9.50 Å². The zero-order chi connectivity index (χ0) is 10.1. The van der Waals surface area contributed by atoms with E-state index in [-0.39, 0.29) is 11.9 Å². The highest BCUT2D eigenvalue weighted by molar-refractivity contribution is 5.24. The van der Waals surface area contributed by atoms with Crippen molar-refractivity contribution in [3.05, 3.63) is 35.6 Å². The number of hydrogen-bond donors (Lipinski definition) is 1. The smallest absolute Gasteiger partial charge is 0.123 e. The van der Waals surface area contributed by atoms with Crippen LogP contribution in [0, 0.1) is 11.7 Å². The van der Waals surface area contributed by atoms with E-state index in [1.807, 2.05) is 12.1 Å². The summed E-state index contributed by atoms with van der Waals surface area (Å²) in [5.74, 6) is 0.595. The molecule has 1 aliphatic rings. The summed E-state index contributed by atoms with van der Waals surface area (Å²) in [6.45, 7) is 2.09.